The molecule has 0 saturated heterocycles. The zero-order chi connectivity index (χ0) is 21.1. The lowest BCUT2D eigenvalue weighted by Crippen LogP contribution is -2.36. The van der Waals surface area contributed by atoms with Crippen LogP contribution in [0.3, 0.4) is 0 Å². The summed E-state index contributed by atoms with van der Waals surface area (Å²) in [4.78, 5) is 43.5. The average molecular weight is 392 g/mol. The molecule has 2 amide bonds. The fourth-order valence-corrected chi connectivity index (χ4v) is 3.11. The molecular formula is C22H24N4O3. The first kappa shape index (κ1) is 20.3. The van der Waals surface area contributed by atoms with Gasteiger partial charge in [-0.2, -0.15) is 0 Å². The number of fused-ring (bicyclic) bond motifs is 1. The lowest BCUT2D eigenvalue weighted by molar-refractivity contribution is -0.118. The molecule has 0 aliphatic heterocycles. The highest BCUT2D eigenvalue weighted by Crippen LogP contribution is 2.18. The summed E-state index contributed by atoms with van der Waals surface area (Å²) in [5.41, 5.74) is 3.26. The van der Waals surface area contributed by atoms with Crippen molar-refractivity contribution in [2.24, 2.45) is 0 Å². The Bertz CT molecular complexity index is 1150. The molecule has 7 nitrogen and oxygen atoms in total. The summed E-state index contributed by atoms with van der Waals surface area (Å²) in [6.07, 6.45) is 0.248. The van der Waals surface area contributed by atoms with Crippen molar-refractivity contribution in [2.45, 2.75) is 33.7 Å². The van der Waals surface area contributed by atoms with Gasteiger partial charge in [0.15, 0.2) is 0 Å². The summed E-state index contributed by atoms with van der Waals surface area (Å²) in [5.74, 6) is -0.543. The Kier molecular flexibility index (Phi) is 5.77. The number of carbonyl (C=O) groups excluding carboxylic acids is 2. The van der Waals surface area contributed by atoms with Crippen LogP contribution in [0.15, 0.2) is 47.3 Å². The second-order valence-corrected chi connectivity index (χ2v) is 6.99. The average Bonchev–Trinajstić information content (AvgIpc) is 2.71. The third kappa shape index (κ3) is 4.18. The number of hydrogen-bond acceptors (Lipinski definition) is 4. The SMILES string of the molecule is CCC(=O)N(C)c1nc2ccccc2n(CC(=O)Nc2cc(C)ccc2C)c1=O. The van der Waals surface area contributed by atoms with Crippen molar-refractivity contribution in [1.82, 2.24) is 9.55 Å². The molecule has 0 radical (unpaired) electrons. The van der Waals surface area contributed by atoms with E-state index in [0.29, 0.717) is 16.7 Å². The number of hydrogen-bond donors (Lipinski definition) is 1. The molecule has 0 unspecified atom stereocenters. The highest BCUT2D eigenvalue weighted by atomic mass is 16.2. The fourth-order valence-electron chi connectivity index (χ4n) is 3.11. The summed E-state index contributed by atoms with van der Waals surface area (Å²) in [6.45, 7) is 5.39. The van der Waals surface area contributed by atoms with E-state index < -0.39 is 5.56 Å². The summed E-state index contributed by atoms with van der Waals surface area (Å²) in [6, 6.07) is 12.9. The Morgan fingerprint density at radius 2 is 1.86 bits per heavy atom. The number of para-hydroxylation sites is 2. The summed E-state index contributed by atoms with van der Waals surface area (Å²) in [5, 5.41) is 2.87. The minimum atomic E-state index is -0.482. The number of rotatable bonds is 5. The molecule has 0 spiro atoms. The number of amides is 2. The van der Waals surface area contributed by atoms with Crippen LogP contribution >= 0.6 is 0 Å². The molecule has 7 heteroatoms. The number of aromatic nitrogens is 2. The van der Waals surface area contributed by atoms with Crippen molar-refractivity contribution >= 4 is 34.4 Å². The highest BCUT2D eigenvalue weighted by Gasteiger charge is 2.19. The van der Waals surface area contributed by atoms with Crippen molar-refractivity contribution in [2.75, 3.05) is 17.3 Å². The van der Waals surface area contributed by atoms with Crippen LogP contribution in [0.25, 0.3) is 11.0 Å². The Morgan fingerprint density at radius 1 is 1.14 bits per heavy atom. The number of nitrogens with one attached hydrogen (secondary N) is 1. The van der Waals surface area contributed by atoms with E-state index in [1.54, 1.807) is 31.2 Å². The van der Waals surface area contributed by atoms with Gasteiger partial charge in [0.2, 0.25) is 17.6 Å². The van der Waals surface area contributed by atoms with Crippen LogP contribution in [0.2, 0.25) is 0 Å². The maximum Gasteiger partial charge on any atom is 0.294 e. The largest absolute Gasteiger partial charge is 0.324 e. The van der Waals surface area contributed by atoms with Crippen LogP contribution in [0, 0.1) is 13.8 Å². The lowest BCUT2D eigenvalue weighted by atomic mass is 10.1. The molecule has 1 heterocycles. The van der Waals surface area contributed by atoms with Crippen LogP contribution < -0.4 is 15.8 Å². The third-order valence-electron chi connectivity index (χ3n) is 4.80. The summed E-state index contributed by atoms with van der Waals surface area (Å²) < 4.78 is 1.36. The Balaban J connectivity index is 2.02. The molecule has 1 N–H and O–H groups in total. The van der Waals surface area contributed by atoms with E-state index in [1.807, 2.05) is 32.0 Å². The van der Waals surface area contributed by atoms with Gasteiger partial charge in [-0.1, -0.05) is 31.2 Å². The molecule has 3 rings (SSSR count). The maximum absolute atomic E-state index is 13.1. The summed E-state index contributed by atoms with van der Waals surface area (Å²) >= 11 is 0. The van der Waals surface area contributed by atoms with Gasteiger partial charge in [-0.15, -0.1) is 0 Å². The molecular weight excluding hydrogens is 368 g/mol. The van der Waals surface area contributed by atoms with Crippen LogP contribution in [-0.2, 0) is 16.1 Å². The molecule has 3 aromatic rings. The Hall–Kier alpha value is -3.48. The summed E-state index contributed by atoms with van der Waals surface area (Å²) in [7, 11) is 1.52. The Labute approximate surface area is 169 Å². The van der Waals surface area contributed by atoms with Crippen molar-refractivity contribution in [1.29, 1.82) is 0 Å². The van der Waals surface area contributed by atoms with Gasteiger partial charge in [-0.25, -0.2) is 4.98 Å². The van der Waals surface area contributed by atoms with Crippen molar-refractivity contribution in [3.8, 4) is 0 Å². The molecule has 2 aromatic carbocycles. The van der Waals surface area contributed by atoms with E-state index >= 15 is 0 Å². The van der Waals surface area contributed by atoms with Gasteiger partial charge in [-0.3, -0.25) is 23.9 Å². The number of aryl methyl sites for hydroxylation is 2. The van der Waals surface area contributed by atoms with Crippen molar-refractivity contribution in [3.63, 3.8) is 0 Å². The minimum Gasteiger partial charge on any atom is -0.324 e. The normalized spacial score (nSPS) is 10.8. The van der Waals surface area contributed by atoms with Crippen molar-refractivity contribution in [3.05, 3.63) is 63.9 Å². The van der Waals surface area contributed by atoms with E-state index in [0.717, 1.165) is 11.1 Å². The van der Waals surface area contributed by atoms with E-state index in [9.17, 15) is 14.4 Å². The van der Waals surface area contributed by atoms with E-state index in [2.05, 4.69) is 10.3 Å². The van der Waals surface area contributed by atoms with Crippen LogP contribution in [0.5, 0.6) is 0 Å². The van der Waals surface area contributed by atoms with Gasteiger partial charge in [-0.05, 0) is 43.2 Å². The zero-order valence-corrected chi connectivity index (χ0v) is 17.0. The van der Waals surface area contributed by atoms with Crippen LogP contribution in [0.4, 0.5) is 11.5 Å². The molecule has 0 fully saturated rings. The molecule has 0 aliphatic carbocycles. The van der Waals surface area contributed by atoms with Gasteiger partial charge in [0.05, 0.1) is 11.0 Å². The molecule has 29 heavy (non-hydrogen) atoms. The van der Waals surface area contributed by atoms with E-state index in [-0.39, 0.29) is 30.6 Å². The molecule has 0 saturated carbocycles. The molecule has 0 bridgehead atoms. The van der Waals surface area contributed by atoms with Crippen LogP contribution in [0.1, 0.15) is 24.5 Å². The molecule has 1 aromatic heterocycles. The van der Waals surface area contributed by atoms with Gasteiger partial charge >= 0.3 is 0 Å². The predicted octanol–water partition coefficient (Wildman–Crippen LogP) is 3.02. The Morgan fingerprint density at radius 3 is 2.59 bits per heavy atom. The smallest absolute Gasteiger partial charge is 0.294 e. The number of anilines is 2. The van der Waals surface area contributed by atoms with Gasteiger partial charge in [0, 0.05) is 19.2 Å². The number of nitrogens with zero attached hydrogens (tertiary/aromatic N) is 3. The fraction of sp³-hybridized carbons (Fsp3) is 0.273. The van der Waals surface area contributed by atoms with E-state index in [4.69, 9.17) is 0 Å². The zero-order valence-electron chi connectivity index (χ0n) is 17.0. The highest BCUT2D eigenvalue weighted by molar-refractivity contribution is 5.94. The predicted molar refractivity (Wildman–Crippen MR) is 114 cm³/mol. The topological polar surface area (TPSA) is 84.3 Å². The molecule has 0 atom stereocenters. The number of carbonyl (C=O) groups is 2. The molecule has 150 valence electrons. The monoisotopic (exact) mass is 392 g/mol. The first-order valence-corrected chi connectivity index (χ1v) is 9.45. The maximum atomic E-state index is 13.1. The van der Waals surface area contributed by atoms with Gasteiger partial charge in [0.1, 0.15) is 6.54 Å². The number of benzene rings is 2. The second kappa shape index (κ2) is 8.26. The van der Waals surface area contributed by atoms with Crippen molar-refractivity contribution < 1.29 is 9.59 Å². The van der Waals surface area contributed by atoms with Crippen LogP contribution in [-0.4, -0.2) is 28.4 Å². The third-order valence-corrected chi connectivity index (χ3v) is 4.80. The lowest BCUT2D eigenvalue weighted by Gasteiger charge is -2.18. The minimum absolute atomic E-state index is 0.00934. The van der Waals surface area contributed by atoms with Gasteiger partial charge in [0.25, 0.3) is 5.56 Å². The van der Waals surface area contributed by atoms with Gasteiger partial charge < -0.3 is 5.32 Å². The first-order valence-electron chi connectivity index (χ1n) is 9.45. The first-order chi connectivity index (χ1) is 13.8. The standard InChI is InChI=1S/C22H24N4O3/c1-5-20(28)25(4)21-22(29)26(18-9-7-6-8-16(18)24-21)13-19(27)23-17-12-14(2)10-11-15(17)3/h6-12H,5,13H2,1-4H3,(H,23,27). The quantitative estimate of drug-likeness (QED) is 0.723. The molecule has 0 aliphatic rings. The second-order valence-electron chi connectivity index (χ2n) is 6.99. The van der Waals surface area contributed by atoms with E-state index in [1.165, 1.54) is 16.5 Å².